The second kappa shape index (κ2) is 3.73. The number of benzene rings is 1. The molecule has 0 saturated carbocycles. The molecule has 4 nitrogen and oxygen atoms in total. The molecule has 1 amide bonds. The Morgan fingerprint density at radius 2 is 2.27 bits per heavy atom. The Hall–Kier alpha value is -1.84. The monoisotopic (exact) mass is 204 g/mol. The number of oxazole rings is 1. The molecule has 2 aromatic rings. The maximum Gasteiger partial charge on any atom is 0.251 e. The third-order valence-corrected chi connectivity index (χ3v) is 2.01. The molecular formula is C11H12N2O2. The van der Waals surface area contributed by atoms with E-state index in [0.717, 1.165) is 5.52 Å². The van der Waals surface area contributed by atoms with Crippen LogP contribution in [0.3, 0.4) is 0 Å². The summed E-state index contributed by atoms with van der Waals surface area (Å²) in [5.74, 6) is -0.0942. The standard InChI is InChI=1S/C11H12N2O2/c1-7(2)13-11(14)8-3-4-9-10(5-8)15-6-12-9/h3-7H,1-2H3,(H,13,14). The summed E-state index contributed by atoms with van der Waals surface area (Å²) in [6, 6.07) is 5.33. The third-order valence-electron chi connectivity index (χ3n) is 2.01. The first-order valence-corrected chi connectivity index (χ1v) is 4.81. The molecule has 0 spiro atoms. The van der Waals surface area contributed by atoms with Gasteiger partial charge in [-0.3, -0.25) is 4.79 Å². The van der Waals surface area contributed by atoms with Crippen molar-refractivity contribution in [3.63, 3.8) is 0 Å². The van der Waals surface area contributed by atoms with Crippen molar-refractivity contribution in [2.24, 2.45) is 0 Å². The lowest BCUT2D eigenvalue weighted by Gasteiger charge is -2.07. The first-order valence-electron chi connectivity index (χ1n) is 4.81. The lowest BCUT2D eigenvalue weighted by molar-refractivity contribution is 0.0943. The van der Waals surface area contributed by atoms with Gasteiger partial charge >= 0.3 is 0 Å². The zero-order valence-electron chi connectivity index (χ0n) is 8.65. The Balaban J connectivity index is 2.31. The molecule has 1 aromatic carbocycles. The smallest absolute Gasteiger partial charge is 0.251 e. The maximum atomic E-state index is 11.6. The Morgan fingerprint density at radius 1 is 1.47 bits per heavy atom. The molecular weight excluding hydrogens is 192 g/mol. The molecule has 0 unspecified atom stereocenters. The Morgan fingerprint density at radius 3 is 3.00 bits per heavy atom. The van der Waals surface area contributed by atoms with Crippen molar-refractivity contribution in [1.29, 1.82) is 0 Å². The van der Waals surface area contributed by atoms with Gasteiger partial charge in [0.05, 0.1) is 0 Å². The SMILES string of the molecule is CC(C)NC(=O)c1ccc2ncoc2c1. The van der Waals surface area contributed by atoms with E-state index in [-0.39, 0.29) is 11.9 Å². The predicted octanol–water partition coefficient (Wildman–Crippen LogP) is 1.97. The quantitative estimate of drug-likeness (QED) is 0.813. The van der Waals surface area contributed by atoms with E-state index in [4.69, 9.17) is 4.42 Å². The number of fused-ring (bicyclic) bond motifs is 1. The lowest BCUT2D eigenvalue weighted by Crippen LogP contribution is -2.29. The van der Waals surface area contributed by atoms with Crippen LogP contribution >= 0.6 is 0 Å². The molecule has 4 heteroatoms. The summed E-state index contributed by atoms with van der Waals surface area (Å²) in [6.07, 6.45) is 1.37. The number of hydrogen-bond acceptors (Lipinski definition) is 3. The van der Waals surface area contributed by atoms with E-state index in [1.165, 1.54) is 6.39 Å². The fourth-order valence-corrected chi connectivity index (χ4v) is 1.34. The van der Waals surface area contributed by atoms with Crippen LogP contribution in [0, 0.1) is 0 Å². The van der Waals surface area contributed by atoms with E-state index < -0.39 is 0 Å². The number of carbonyl (C=O) groups is 1. The van der Waals surface area contributed by atoms with Gasteiger partial charge in [0, 0.05) is 11.6 Å². The summed E-state index contributed by atoms with van der Waals surface area (Å²) in [7, 11) is 0. The van der Waals surface area contributed by atoms with E-state index in [0.29, 0.717) is 11.1 Å². The summed E-state index contributed by atoms with van der Waals surface area (Å²) in [6.45, 7) is 3.84. The van der Waals surface area contributed by atoms with Crippen LogP contribution in [0.5, 0.6) is 0 Å². The van der Waals surface area contributed by atoms with Crippen LogP contribution in [0.4, 0.5) is 0 Å². The highest BCUT2D eigenvalue weighted by atomic mass is 16.3. The summed E-state index contributed by atoms with van der Waals surface area (Å²) >= 11 is 0. The first kappa shape index (κ1) is 9.71. The van der Waals surface area contributed by atoms with Crippen molar-refractivity contribution in [2.75, 3.05) is 0 Å². The second-order valence-corrected chi connectivity index (χ2v) is 3.66. The van der Waals surface area contributed by atoms with E-state index >= 15 is 0 Å². The normalized spacial score (nSPS) is 10.9. The van der Waals surface area contributed by atoms with Crippen LogP contribution in [0.15, 0.2) is 29.0 Å². The minimum Gasteiger partial charge on any atom is -0.443 e. The molecule has 15 heavy (non-hydrogen) atoms. The number of hydrogen-bond donors (Lipinski definition) is 1. The van der Waals surface area contributed by atoms with Crippen molar-refractivity contribution >= 4 is 17.0 Å². The van der Waals surface area contributed by atoms with Crippen LogP contribution in [0.25, 0.3) is 11.1 Å². The highest BCUT2D eigenvalue weighted by Crippen LogP contribution is 2.14. The minimum atomic E-state index is -0.0942. The molecule has 78 valence electrons. The predicted molar refractivity (Wildman–Crippen MR) is 56.6 cm³/mol. The van der Waals surface area contributed by atoms with Gasteiger partial charge in [-0.25, -0.2) is 4.98 Å². The molecule has 0 fully saturated rings. The lowest BCUT2D eigenvalue weighted by atomic mass is 10.2. The fourth-order valence-electron chi connectivity index (χ4n) is 1.34. The van der Waals surface area contributed by atoms with Crippen molar-refractivity contribution in [3.05, 3.63) is 30.2 Å². The maximum absolute atomic E-state index is 11.6. The molecule has 0 aliphatic carbocycles. The van der Waals surface area contributed by atoms with Gasteiger partial charge in [-0.1, -0.05) is 0 Å². The highest BCUT2D eigenvalue weighted by molar-refractivity contribution is 5.97. The largest absolute Gasteiger partial charge is 0.443 e. The average Bonchev–Trinajstić information content (AvgIpc) is 2.62. The molecule has 0 aliphatic heterocycles. The molecule has 1 aromatic heterocycles. The number of amides is 1. The Kier molecular flexibility index (Phi) is 2.41. The zero-order chi connectivity index (χ0) is 10.8. The van der Waals surface area contributed by atoms with Crippen LogP contribution in [0.2, 0.25) is 0 Å². The van der Waals surface area contributed by atoms with Gasteiger partial charge in [-0.05, 0) is 32.0 Å². The Labute approximate surface area is 87.3 Å². The third kappa shape index (κ3) is 1.98. The van der Waals surface area contributed by atoms with Crippen molar-refractivity contribution in [1.82, 2.24) is 10.3 Å². The number of nitrogens with one attached hydrogen (secondary N) is 1. The van der Waals surface area contributed by atoms with E-state index in [1.54, 1.807) is 18.2 Å². The van der Waals surface area contributed by atoms with Crippen molar-refractivity contribution in [2.45, 2.75) is 19.9 Å². The van der Waals surface area contributed by atoms with Gasteiger partial charge in [0.2, 0.25) is 0 Å². The van der Waals surface area contributed by atoms with Crippen molar-refractivity contribution < 1.29 is 9.21 Å². The number of rotatable bonds is 2. The van der Waals surface area contributed by atoms with Gasteiger partial charge < -0.3 is 9.73 Å². The fraction of sp³-hybridized carbons (Fsp3) is 0.273. The summed E-state index contributed by atoms with van der Waals surface area (Å²) < 4.78 is 5.12. The molecule has 0 aliphatic rings. The number of nitrogens with zero attached hydrogens (tertiary/aromatic N) is 1. The van der Waals surface area contributed by atoms with Crippen LogP contribution in [-0.4, -0.2) is 16.9 Å². The number of aromatic nitrogens is 1. The highest BCUT2D eigenvalue weighted by Gasteiger charge is 2.08. The van der Waals surface area contributed by atoms with Crippen molar-refractivity contribution in [3.8, 4) is 0 Å². The van der Waals surface area contributed by atoms with Gasteiger partial charge in [-0.2, -0.15) is 0 Å². The van der Waals surface area contributed by atoms with Crippen LogP contribution in [-0.2, 0) is 0 Å². The molecule has 0 saturated heterocycles. The summed E-state index contributed by atoms with van der Waals surface area (Å²) in [5.41, 5.74) is 1.98. The number of carbonyl (C=O) groups excluding carboxylic acids is 1. The van der Waals surface area contributed by atoms with Gasteiger partial charge in [0.1, 0.15) is 5.52 Å². The van der Waals surface area contributed by atoms with Gasteiger partial charge in [-0.15, -0.1) is 0 Å². The molecule has 1 heterocycles. The topological polar surface area (TPSA) is 55.1 Å². The van der Waals surface area contributed by atoms with Crippen LogP contribution in [0.1, 0.15) is 24.2 Å². The van der Waals surface area contributed by atoms with E-state index in [2.05, 4.69) is 10.3 Å². The Bertz CT molecular complexity index is 488. The molecule has 2 rings (SSSR count). The van der Waals surface area contributed by atoms with Gasteiger partial charge in [0.25, 0.3) is 5.91 Å². The second-order valence-electron chi connectivity index (χ2n) is 3.66. The molecule has 0 radical (unpaired) electrons. The summed E-state index contributed by atoms with van der Waals surface area (Å²) in [4.78, 5) is 15.6. The van der Waals surface area contributed by atoms with Crippen LogP contribution < -0.4 is 5.32 Å². The molecule has 1 N–H and O–H groups in total. The molecule has 0 bridgehead atoms. The average molecular weight is 204 g/mol. The zero-order valence-corrected chi connectivity index (χ0v) is 8.65. The molecule has 0 atom stereocenters. The van der Waals surface area contributed by atoms with E-state index in [1.807, 2.05) is 13.8 Å². The minimum absolute atomic E-state index is 0.0942. The van der Waals surface area contributed by atoms with Gasteiger partial charge in [0.15, 0.2) is 12.0 Å². The first-order chi connectivity index (χ1) is 7.16. The van der Waals surface area contributed by atoms with E-state index in [9.17, 15) is 4.79 Å². The summed E-state index contributed by atoms with van der Waals surface area (Å²) in [5, 5.41) is 2.81.